The zero-order chi connectivity index (χ0) is 9.80. The van der Waals surface area contributed by atoms with Crippen molar-refractivity contribution in [2.75, 3.05) is 0 Å². The van der Waals surface area contributed by atoms with Crippen LogP contribution in [0.4, 0.5) is 0 Å². The average Bonchev–Trinajstić information content (AvgIpc) is 2.30. The summed E-state index contributed by atoms with van der Waals surface area (Å²) in [5.74, 6) is 0. The van der Waals surface area contributed by atoms with Crippen molar-refractivity contribution in [3.05, 3.63) is 54.2 Å². The molecule has 0 atom stereocenters. The van der Waals surface area contributed by atoms with Gasteiger partial charge in [-0.3, -0.25) is 4.98 Å². The van der Waals surface area contributed by atoms with Crippen LogP contribution in [0.1, 0.15) is 5.56 Å². The second-order valence-corrected chi connectivity index (χ2v) is 2.83. The van der Waals surface area contributed by atoms with Gasteiger partial charge in [0, 0.05) is 11.8 Å². The predicted octanol–water partition coefficient (Wildman–Crippen LogP) is 2.42. The molecule has 2 aromatic rings. The van der Waals surface area contributed by atoms with E-state index in [9.17, 15) is 0 Å². The number of nitriles is 1. The Hall–Kier alpha value is -2.14. The van der Waals surface area contributed by atoms with Gasteiger partial charge in [-0.05, 0) is 30.3 Å². The molecule has 14 heavy (non-hydrogen) atoms. The number of pyridine rings is 1. The van der Waals surface area contributed by atoms with Crippen molar-refractivity contribution in [3.63, 3.8) is 0 Å². The van der Waals surface area contributed by atoms with E-state index in [0.29, 0.717) is 5.56 Å². The summed E-state index contributed by atoms with van der Waals surface area (Å²) in [7, 11) is 0. The average molecular weight is 179 g/mol. The van der Waals surface area contributed by atoms with Crippen LogP contribution in [0, 0.1) is 17.4 Å². The van der Waals surface area contributed by atoms with E-state index in [1.807, 2.05) is 18.2 Å². The standard InChI is InChI=1S/C12H7N2/c13-9-10-4-3-5-11(8-10)12-6-1-2-7-14-12/h2-8H. The Labute approximate surface area is 82.5 Å². The van der Waals surface area contributed by atoms with Crippen LogP contribution in [0.15, 0.2) is 42.6 Å². The molecule has 0 aliphatic heterocycles. The summed E-state index contributed by atoms with van der Waals surface area (Å²) in [4.78, 5) is 4.18. The van der Waals surface area contributed by atoms with E-state index >= 15 is 0 Å². The first-order valence-electron chi connectivity index (χ1n) is 4.23. The maximum absolute atomic E-state index is 8.73. The Morgan fingerprint density at radius 2 is 2.29 bits per heavy atom. The molecule has 65 valence electrons. The van der Waals surface area contributed by atoms with Crippen molar-refractivity contribution in [3.8, 4) is 17.3 Å². The normalized spacial score (nSPS) is 9.36. The van der Waals surface area contributed by atoms with Crippen molar-refractivity contribution >= 4 is 0 Å². The van der Waals surface area contributed by atoms with Crippen molar-refractivity contribution in [2.24, 2.45) is 0 Å². The molecule has 0 saturated heterocycles. The smallest absolute Gasteiger partial charge is 0.0991 e. The zero-order valence-corrected chi connectivity index (χ0v) is 7.44. The predicted molar refractivity (Wildman–Crippen MR) is 53.2 cm³/mol. The molecule has 0 spiro atoms. The lowest BCUT2D eigenvalue weighted by molar-refractivity contribution is 1.32. The maximum atomic E-state index is 8.73. The molecular formula is C12H7N2. The number of aromatic nitrogens is 1. The summed E-state index contributed by atoms with van der Waals surface area (Å²) in [5.41, 5.74) is 2.43. The Morgan fingerprint density at radius 1 is 1.36 bits per heavy atom. The quantitative estimate of drug-likeness (QED) is 0.674. The highest BCUT2D eigenvalue weighted by atomic mass is 14.7. The topological polar surface area (TPSA) is 36.7 Å². The minimum atomic E-state index is 0.646. The molecular weight excluding hydrogens is 172 g/mol. The van der Waals surface area contributed by atoms with Gasteiger partial charge in [0.25, 0.3) is 0 Å². The molecule has 2 heteroatoms. The SMILES string of the molecule is N#Cc1cccc(-c2c[c]ccn2)c1. The summed E-state index contributed by atoms with van der Waals surface area (Å²) in [6, 6.07) is 16.0. The lowest BCUT2D eigenvalue weighted by Crippen LogP contribution is -1.82. The van der Waals surface area contributed by atoms with Crippen LogP contribution >= 0.6 is 0 Å². The minimum absolute atomic E-state index is 0.646. The van der Waals surface area contributed by atoms with Crippen LogP contribution in [0.2, 0.25) is 0 Å². The molecule has 0 bridgehead atoms. The fourth-order valence-corrected chi connectivity index (χ4v) is 1.23. The first kappa shape index (κ1) is 8.46. The van der Waals surface area contributed by atoms with Gasteiger partial charge in [-0.15, -0.1) is 0 Å². The second-order valence-electron chi connectivity index (χ2n) is 2.83. The number of nitrogens with zero attached hydrogens (tertiary/aromatic N) is 2. The molecule has 2 nitrogen and oxygen atoms in total. The van der Waals surface area contributed by atoms with Gasteiger partial charge in [-0.2, -0.15) is 5.26 Å². The fraction of sp³-hybridized carbons (Fsp3) is 0. The van der Waals surface area contributed by atoms with Gasteiger partial charge < -0.3 is 0 Å². The monoisotopic (exact) mass is 179 g/mol. The first-order chi connectivity index (χ1) is 6.90. The molecule has 0 fully saturated rings. The third-order valence-electron chi connectivity index (χ3n) is 1.89. The summed E-state index contributed by atoms with van der Waals surface area (Å²) in [6.45, 7) is 0. The van der Waals surface area contributed by atoms with Crippen LogP contribution in [0.3, 0.4) is 0 Å². The van der Waals surface area contributed by atoms with E-state index in [2.05, 4.69) is 17.1 Å². The first-order valence-corrected chi connectivity index (χ1v) is 4.23. The summed E-state index contributed by atoms with van der Waals surface area (Å²) < 4.78 is 0. The van der Waals surface area contributed by atoms with Gasteiger partial charge >= 0.3 is 0 Å². The number of hydrogen-bond donors (Lipinski definition) is 0. The lowest BCUT2D eigenvalue weighted by atomic mass is 10.1. The Balaban J connectivity index is 2.49. The Bertz CT molecular complexity index is 469. The minimum Gasteiger partial charge on any atom is -0.256 e. The van der Waals surface area contributed by atoms with Crippen LogP contribution in [-0.4, -0.2) is 4.98 Å². The number of benzene rings is 1. The van der Waals surface area contributed by atoms with Gasteiger partial charge in [0.15, 0.2) is 0 Å². The van der Waals surface area contributed by atoms with Crippen LogP contribution in [-0.2, 0) is 0 Å². The highest BCUT2D eigenvalue weighted by Gasteiger charge is 1.98. The van der Waals surface area contributed by atoms with Crippen molar-refractivity contribution in [2.45, 2.75) is 0 Å². The van der Waals surface area contributed by atoms with Gasteiger partial charge in [-0.25, -0.2) is 0 Å². The third-order valence-corrected chi connectivity index (χ3v) is 1.89. The molecule has 1 aromatic carbocycles. The van der Waals surface area contributed by atoms with Crippen LogP contribution < -0.4 is 0 Å². The number of hydrogen-bond acceptors (Lipinski definition) is 2. The van der Waals surface area contributed by atoms with E-state index < -0.39 is 0 Å². The molecule has 0 amide bonds. The van der Waals surface area contributed by atoms with Crippen molar-refractivity contribution in [1.82, 2.24) is 4.98 Å². The van der Waals surface area contributed by atoms with Gasteiger partial charge in [0.05, 0.1) is 17.3 Å². The molecule has 2 rings (SSSR count). The molecule has 0 aliphatic rings. The van der Waals surface area contributed by atoms with E-state index in [-0.39, 0.29) is 0 Å². The lowest BCUT2D eigenvalue weighted by Gasteiger charge is -1.99. The van der Waals surface area contributed by atoms with Crippen LogP contribution in [0.25, 0.3) is 11.3 Å². The summed E-state index contributed by atoms with van der Waals surface area (Å²) in [5, 5.41) is 8.73. The Kier molecular flexibility index (Phi) is 2.24. The molecule has 0 unspecified atom stereocenters. The molecule has 1 heterocycles. The highest BCUT2D eigenvalue weighted by Crippen LogP contribution is 2.16. The van der Waals surface area contributed by atoms with E-state index in [1.54, 1.807) is 24.4 Å². The van der Waals surface area contributed by atoms with Gasteiger partial charge in [0.2, 0.25) is 0 Å². The number of rotatable bonds is 1. The molecule has 1 aromatic heterocycles. The largest absolute Gasteiger partial charge is 0.256 e. The van der Waals surface area contributed by atoms with Crippen LogP contribution in [0.5, 0.6) is 0 Å². The summed E-state index contributed by atoms with van der Waals surface area (Å²) in [6.07, 6.45) is 1.69. The van der Waals surface area contributed by atoms with Crippen molar-refractivity contribution in [1.29, 1.82) is 5.26 Å². The fourth-order valence-electron chi connectivity index (χ4n) is 1.23. The maximum Gasteiger partial charge on any atom is 0.0991 e. The molecule has 0 N–H and O–H groups in total. The molecule has 0 saturated carbocycles. The second kappa shape index (κ2) is 3.71. The zero-order valence-electron chi connectivity index (χ0n) is 7.44. The third kappa shape index (κ3) is 1.62. The van der Waals surface area contributed by atoms with Crippen molar-refractivity contribution < 1.29 is 0 Å². The van der Waals surface area contributed by atoms with E-state index in [1.165, 1.54) is 0 Å². The van der Waals surface area contributed by atoms with E-state index in [4.69, 9.17) is 5.26 Å². The van der Waals surface area contributed by atoms with E-state index in [0.717, 1.165) is 11.3 Å². The highest BCUT2D eigenvalue weighted by molar-refractivity contribution is 5.60. The van der Waals surface area contributed by atoms with Gasteiger partial charge in [-0.1, -0.05) is 12.1 Å². The Morgan fingerprint density at radius 3 is 3.00 bits per heavy atom. The summed E-state index contributed by atoms with van der Waals surface area (Å²) >= 11 is 0. The van der Waals surface area contributed by atoms with Gasteiger partial charge in [0.1, 0.15) is 0 Å². The molecule has 1 radical (unpaired) electrons. The molecule has 0 aliphatic carbocycles.